The molecule has 0 saturated carbocycles. The van der Waals surface area contributed by atoms with Crippen LogP contribution in [0.3, 0.4) is 0 Å². The van der Waals surface area contributed by atoms with Gasteiger partial charge < -0.3 is 9.84 Å². The molecule has 0 bridgehead atoms. The maximum atomic E-state index is 12.1. The fourth-order valence-electron chi connectivity index (χ4n) is 2.65. The highest BCUT2D eigenvalue weighted by atomic mass is 16.5. The van der Waals surface area contributed by atoms with E-state index in [2.05, 4.69) is 4.98 Å². The first kappa shape index (κ1) is 17.6. The van der Waals surface area contributed by atoms with Gasteiger partial charge in [-0.1, -0.05) is 36.4 Å². The minimum atomic E-state index is -0.891. The molecule has 5 heteroatoms. The van der Waals surface area contributed by atoms with Crippen molar-refractivity contribution in [1.82, 2.24) is 4.98 Å². The van der Waals surface area contributed by atoms with Crippen LogP contribution in [0.4, 0.5) is 0 Å². The van der Waals surface area contributed by atoms with Crippen LogP contribution in [0.1, 0.15) is 35.3 Å². The number of carbonyl (C=O) groups is 2. The molecule has 0 fully saturated rings. The standard InChI is InChI=1S/C21H19NO4/c23-20(9-4-10-21(24)25)16-6-3-7-18(13-16)26-14-17-12-11-15-5-1-2-8-19(15)22-17/h1-3,5-8,11-13H,4,9-10,14H2,(H,24,25). The summed E-state index contributed by atoms with van der Waals surface area (Å²) >= 11 is 0. The van der Waals surface area contributed by atoms with Gasteiger partial charge in [0.2, 0.25) is 0 Å². The fraction of sp³-hybridized carbons (Fsp3) is 0.190. The largest absolute Gasteiger partial charge is 0.487 e. The monoisotopic (exact) mass is 349 g/mol. The number of aliphatic carboxylic acids is 1. The molecule has 0 atom stereocenters. The number of ketones is 1. The van der Waals surface area contributed by atoms with Crippen LogP contribution < -0.4 is 4.74 Å². The molecule has 3 aromatic rings. The number of benzene rings is 2. The molecule has 1 aromatic heterocycles. The maximum Gasteiger partial charge on any atom is 0.303 e. The van der Waals surface area contributed by atoms with Crippen molar-refractivity contribution in [2.24, 2.45) is 0 Å². The summed E-state index contributed by atoms with van der Waals surface area (Å²) in [7, 11) is 0. The number of fused-ring (bicyclic) bond motifs is 1. The molecule has 1 heterocycles. The van der Waals surface area contributed by atoms with Gasteiger partial charge in [0.1, 0.15) is 12.4 Å². The lowest BCUT2D eigenvalue weighted by Gasteiger charge is -2.08. The first-order valence-corrected chi connectivity index (χ1v) is 8.44. The van der Waals surface area contributed by atoms with Gasteiger partial charge in [-0.05, 0) is 30.7 Å². The fourth-order valence-corrected chi connectivity index (χ4v) is 2.65. The number of para-hydroxylation sites is 1. The van der Waals surface area contributed by atoms with Crippen molar-refractivity contribution in [3.05, 3.63) is 71.9 Å². The molecule has 132 valence electrons. The smallest absolute Gasteiger partial charge is 0.303 e. The quantitative estimate of drug-likeness (QED) is 0.615. The van der Waals surface area contributed by atoms with E-state index < -0.39 is 5.97 Å². The molecule has 0 aliphatic carbocycles. The second kappa shape index (κ2) is 8.25. The highest BCUT2D eigenvalue weighted by molar-refractivity contribution is 5.96. The highest BCUT2D eigenvalue weighted by Gasteiger charge is 2.08. The Kier molecular flexibility index (Phi) is 5.59. The average molecular weight is 349 g/mol. The predicted molar refractivity (Wildman–Crippen MR) is 98.3 cm³/mol. The summed E-state index contributed by atoms with van der Waals surface area (Å²) in [5.74, 6) is -0.387. The lowest BCUT2D eigenvalue weighted by atomic mass is 10.1. The van der Waals surface area contributed by atoms with Gasteiger partial charge in [0.25, 0.3) is 0 Å². The second-order valence-electron chi connectivity index (χ2n) is 5.98. The van der Waals surface area contributed by atoms with Crippen molar-refractivity contribution in [1.29, 1.82) is 0 Å². The Morgan fingerprint density at radius 1 is 0.962 bits per heavy atom. The Hall–Kier alpha value is -3.21. The van der Waals surface area contributed by atoms with Crippen molar-refractivity contribution in [2.45, 2.75) is 25.9 Å². The number of hydrogen-bond acceptors (Lipinski definition) is 4. The Bertz CT molecular complexity index is 936. The summed E-state index contributed by atoms with van der Waals surface area (Å²) in [5, 5.41) is 9.72. The molecule has 0 radical (unpaired) electrons. The maximum absolute atomic E-state index is 12.1. The van der Waals surface area contributed by atoms with Crippen LogP contribution in [0.2, 0.25) is 0 Å². The van der Waals surface area contributed by atoms with E-state index in [1.807, 2.05) is 36.4 Å². The van der Waals surface area contributed by atoms with E-state index in [4.69, 9.17) is 9.84 Å². The molecule has 5 nitrogen and oxygen atoms in total. The Balaban J connectivity index is 1.62. The van der Waals surface area contributed by atoms with Crippen molar-refractivity contribution < 1.29 is 19.4 Å². The summed E-state index contributed by atoms with van der Waals surface area (Å²) in [4.78, 5) is 27.2. The third-order valence-corrected chi connectivity index (χ3v) is 3.99. The molecule has 0 spiro atoms. The van der Waals surface area contributed by atoms with Crippen LogP contribution in [0, 0.1) is 0 Å². The first-order chi connectivity index (χ1) is 12.6. The van der Waals surface area contributed by atoms with Crippen LogP contribution in [-0.2, 0) is 11.4 Å². The van der Waals surface area contributed by atoms with Crippen LogP contribution >= 0.6 is 0 Å². The van der Waals surface area contributed by atoms with Crippen molar-refractivity contribution in [3.63, 3.8) is 0 Å². The molecule has 3 rings (SSSR count). The Morgan fingerprint density at radius 3 is 2.65 bits per heavy atom. The third kappa shape index (κ3) is 4.66. The normalized spacial score (nSPS) is 10.6. The van der Waals surface area contributed by atoms with Gasteiger partial charge in [-0.2, -0.15) is 0 Å². The predicted octanol–water partition coefficient (Wildman–Crippen LogP) is 4.25. The van der Waals surface area contributed by atoms with Crippen LogP contribution in [0.25, 0.3) is 10.9 Å². The number of rotatable bonds is 8. The van der Waals surface area contributed by atoms with Crippen LogP contribution in [0.15, 0.2) is 60.7 Å². The number of hydrogen-bond donors (Lipinski definition) is 1. The average Bonchev–Trinajstić information content (AvgIpc) is 2.66. The summed E-state index contributed by atoms with van der Waals surface area (Å²) in [5.41, 5.74) is 2.25. The summed E-state index contributed by atoms with van der Waals surface area (Å²) in [6.45, 7) is 0.307. The molecule has 1 N–H and O–H groups in total. The second-order valence-corrected chi connectivity index (χ2v) is 5.98. The molecule has 0 aliphatic heterocycles. The third-order valence-electron chi connectivity index (χ3n) is 3.99. The Morgan fingerprint density at radius 2 is 1.81 bits per heavy atom. The molecule has 0 saturated heterocycles. The summed E-state index contributed by atoms with van der Waals surface area (Å²) < 4.78 is 5.77. The zero-order chi connectivity index (χ0) is 18.4. The number of Topliss-reactive ketones (excluding diaryl/α,β-unsaturated/α-hetero) is 1. The summed E-state index contributed by atoms with van der Waals surface area (Å²) in [6, 6.07) is 18.7. The van der Waals surface area contributed by atoms with Gasteiger partial charge in [-0.3, -0.25) is 9.59 Å². The topological polar surface area (TPSA) is 76.5 Å². The molecule has 26 heavy (non-hydrogen) atoms. The van der Waals surface area contributed by atoms with Crippen molar-refractivity contribution >= 4 is 22.7 Å². The molecule has 0 amide bonds. The molecular formula is C21H19NO4. The van der Waals surface area contributed by atoms with E-state index >= 15 is 0 Å². The summed E-state index contributed by atoms with van der Waals surface area (Å²) in [6.07, 6.45) is 0.539. The van der Waals surface area contributed by atoms with Gasteiger partial charge in [0, 0.05) is 23.8 Å². The highest BCUT2D eigenvalue weighted by Crippen LogP contribution is 2.18. The zero-order valence-electron chi connectivity index (χ0n) is 14.2. The molecule has 0 unspecified atom stereocenters. The zero-order valence-corrected chi connectivity index (χ0v) is 14.2. The van der Waals surface area contributed by atoms with E-state index in [0.717, 1.165) is 16.6 Å². The Labute approximate surface area is 151 Å². The molecule has 2 aromatic carbocycles. The lowest BCUT2D eigenvalue weighted by Crippen LogP contribution is -2.03. The van der Waals surface area contributed by atoms with Crippen molar-refractivity contribution in [2.75, 3.05) is 0 Å². The first-order valence-electron chi connectivity index (χ1n) is 8.44. The van der Waals surface area contributed by atoms with E-state index in [1.165, 1.54) is 0 Å². The van der Waals surface area contributed by atoms with Gasteiger partial charge in [-0.15, -0.1) is 0 Å². The van der Waals surface area contributed by atoms with Crippen LogP contribution in [-0.4, -0.2) is 21.8 Å². The number of carboxylic acids is 1. The number of pyridine rings is 1. The van der Waals surface area contributed by atoms with Gasteiger partial charge >= 0.3 is 5.97 Å². The SMILES string of the molecule is O=C(O)CCCC(=O)c1cccc(OCc2ccc3ccccc3n2)c1. The van der Waals surface area contributed by atoms with E-state index in [9.17, 15) is 9.59 Å². The number of carboxylic acid groups (broad SMARTS) is 1. The van der Waals surface area contributed by atoms with Gasteiger partial charge in [0.15, 0.2) is 5.78 Å². The molecular weight excluding hydrogens is 330 g/mol. The van der Waals surface area contributed by atoms with Gasteiger partial charge in [-0.25, -0.2) is 4.98 Å². The van der Waals surface area contributed by atoms with Gasteiger partial charge in [0.05, 0.1) is 11.2 Å². The van der Waals surface area contributed by atoms with E-state index in [1.54, 1.807) is 24.3 Å². The van der Waals surface area contributed by atoms with E-state index in [0.29, 0.717) is 24.3 Å². The lowest BCUT2D eigenvalue weighted by molar-refractivity contribution is -0.137. The minimum Gasteiger partial charge on any atom is -0.487 e. The number of aromatic nitrogens is 1. The van der Waals surface area contributed by atoms with Crippen LogP contribution in [0.5, 0.6) is 5.75 Å². The van der Waals surface area contributed by atoms with E-state index in [-0.39, 0.29) is 18.6 Å². The number of carbonyl (C=O) groups excluding carboxylic acids is 1. The minimum absolute atomic E-state index is 0.00440. The number of ether oxygens (including phenoxy) is 1. The molecule has 0 aliphatic rings. The number of nitrogens with zero attached hydrogens (tertiary/aromatic N) is 1. The van der Waals surface area contributed by atoms with Crippen molar-refractivity contribution in [3.8, 4) is 5.75 Å².